The fourth-order valence-electron chi connectivity index (χ4n) is 4.22. The molecule has 0 bridgehead atoms. The summed E-state index contributed by atoms with van der Waals surface area (Å²) in [4.78, 5) is 12.1. The Balaban J connectivity index is 1.31. The highest BCUT2D eigenvalue weighted by molar-refractivity contribution is 5.88. The first-order valence-corrected chi connectivity index (χ1v) is 13.3. The Labute approximate surface area is 191 Å². The second kappa shape index (κ2) is 16.2. The number of carbonyl (C=O) groups is 1. The molecule has 178 valence electrons. The summed E-state index contributed by atoms with van der Waals surface area (Å²) in [5.74, 6) is 1.39. The van der Waals surface area contributed by atoms with Crippen LogP contribution in [-0.4, -0.2) is 22.4 Å². The van der Waals surface area contributed by atoms with Gasteiger partial charge in [0.1, 0.15) is 5.82 Å². The van der Waals surface area contributed by atoms with Crippen molar-refractivity contribution < 1.29 is 4.79 Å². The normalized spacial score (nSPS) is 13.5. The lowest BCUT2D eigenvalue weighted by atomic mass is 10.0. The van der Waals surface area contributed by atoms with Crippen molar-refractivity contribution in [3.8, 4) is 0 Å². The standard InChI is InChI=1S/C26H48N4O/c1-3-4-5-6-7-8-9-10-11-12-13-14-15-16-17-18-21-27-26(31)28-25-22-24(23-19-20-23)29-30(25)2/h22-23H,3-21H2,1-2H3,(H2,27,28,31). The molecule has 0 aromatic carbocycles. The minimum atomic E-state index is -0.119. The van der Waals surface area contributed by atoms with Crippen molar-refractivity contribution in [3.63, 3.8) is 0 Å². The van der Waals surface area contributed by atoms with E-state index in [9.17, 15) is 4.79 Å². The van der Waals surface area contributed by atoms with Gasteiger partial charge in [-0.25, -0.2) is 4.79 Å². The van der Waals surface area contributed by atoms with Gasteiger partial charge in [-0.2, -0.15) is 5.10 Å². The zero-order valence-electron chi connectivity index (χ0n) is 20.4. The molecule has 0 spiro atoms. The molecule has 31 heavy (non-hydrogen) atoms. The van der Waals surface area contributed by atoms with Crippen molar-refractivity contribution in [1.82, 2.24) is 15.1 Å². The predicted molar refractivity (Wildman–Crippen MR) is 132 cm³/mol. The number of carbonyl (C=O) groups excluding carboxylic acids is 1. The molecule has 1 saturated carbocycles. The number of anilines is 1. The van der Waals surface area contributed by atoms with Crippen LogP contribution in [0, 0.1) is 0 Å². The van der Waals surface area contributed by atoms with Crippen molar-refractivity contribution in [1.29, 1.82) is 0 Å². The molecule has 1 heterocycles. The van der Waals surface area contributed by atoms with E-state index >= 15 is 0 Å². The summed E-state index contributed by atoms with van der Waals surface area (Å²) in [6.07, 6.45) is 24.3. The van der Waals surface area contributed by atoms with Gasteiger partial charge < -0.3 is 5.32 Å². The number of hydrogen-bond acceptors (Lipinski definition) is 2. The van der Waals surface area contributed by atoms with Gasteiger partial charge in [0, 0.05) is 25.6 Å². The summed E-state index contributed by atoms with van der Waals surface area (Å²) in [5, 5.41) is 10.4. The van der Waals surface area contributed by atoms with Crippen LogP contribution in [-0.2, 0) is 7.05 Å². The molecule has 2 N–H and O–H groups in total. The fraction of sp³-hybridized carbons (Fsp3) is 0.846. The molecule has 0 saturated heterocycles. The van der Waals surface area contributed by atoms with Crippen molar-refractivity contribution in [2.45, 2.75) is 128 Å². The molecule has 0 unspecified atom stereocenters. The first-order chi connectivity index (χ1) is 15.2. The second-order valence-corrected chi connectivity index (χ2v) is 9.54. The van der Waals surface area contributed by atoms with E-state index in [0.29, 0.717) is 5.92 Å². The van der Waals surface area contributed by atoms with Gasteiger partial charge in [0.25, 0.3) is 0 Å². The lowest BCUT2D eigenvalue weighted by Crippen LogP contribution is -2.30. The van der Waals surface area contributed by atoms with E-state index in [1.165, 1.54) is 109 Å². The monoisotopic (exact) mass is 432 g/mol. The van der Waals surface area contributed by atoms with Gasteiger partial charge in [-0.05, 0) is 19.3 Å². The third kappa shape index (κ3) is 12.2. The van der Waals surface area contributed by atoms with Crippen LogP contribution in [0.3, 0.4) is 0 Å². The van der Waals surface area contributed by atoms with Gasteiger partial charge in [0.15, 0.2) is 0 Å². The Morgan fingerprint density at radius 2 is 1.35 bits per heavy atom. The zero-order chi connectivity index (χ0) is 22.2. The number of rotatable bonds is 19. The SMILES string of the molecule is CCCCCCCCCCCCCCCCCCNC(=O)Nc1cc(C2CC2)nn1C. The summed E-state index contributed by atoms with van der Waals surface area (Å²) in [6, 6.07) is 1.89. The number of aromatic nitrogens is 2. The van der Waals surface area contributed by atoms with Gasteiger partial charge in [-0.3, -0.25) is 10.00 Å². The average molecular weight is 433 g/mol. The Hall–Kier alpha value is -1.52. The molecule has 5 nitrogen and oxygen atoms in total. The molecule has 5 heteroatoms. The summed E-state index contributed by atoms with van der Waals surface area (Å²) in [6.45, 7) is 3.03. The summed E-state index contributed by atoms with van der Waals surface area (Å²) >= 11 is 0. The van der Waals surface area contributed by atoms with Gasteiger partial charge in [-0.1, -0.05) is 103 Å². The summed E-state index contributed by atoms with van der Waals surface area (Å²) in [7, 11) is 1.89. The maximum atomic E-state index is 12.1. The van der Waals surface area contributed by atoms with Crippen LogP contribution in [0.4, 0.5) is 10.6 Å². The number of hydrogen-bond donors (Lipinski definition) is 2. The quantitative estimate of drug-likeness (QED) is 0.220. The molecule has 2 rings (SSSR count). The fourth-order valence-corrected chi connectivity index (χ4v) is 4.22. The van der Waals surface area contributed by atoms with Gasteiger partial charge >= 0.3 is 6.03 Å². The first kappa shape index (κ1) is 25.7. The Morgan fingerprint density at radius 1 is 0.871 bits per heavy atom. The first-order valence-electron chi connectivity index (χ1n) is 13.3. The third-order valence-electron chi connectivity index (χ3n) is 6.45. The van der Waals surface area contributed by atoms with E-state index in [2.05, 4.69) is 22.7 Å². The van der Waals surface area contributed by atoms with Crippen LogP contribution in [0.25, 0.3) is 0 Å². The van der Waals surface area contributed by atoms with E-state index in [-0.39, 0.29) is 6.03 Å². The van der Waals surface area contributed by atoms with Crippen LogP contribution in [0.15, 0.2) is 6.07 Å². The Kier molecular flexibility index (Phi) is 13.4. The number of amides is 2. The Morgan fingerprint density at radius 3 is 1.84 bits per heavy atom. The Bertz CT molecular complexity index is 594. The van der Waals surface area contributed by atoms with Crippen molar-refractivity contribution in [3.05, 3.63) is 11.8 Å². The van der Waals surface area contributed by atoms with Crippen molar-refractivity contribution in [2.24, 2.45) is 7.05 Å². The minimum absolute atomic E-state index is 0.119. The van der Waals surface area contributed by atoms with E-state index < -0.39 is 0 Å². The highest BCUT2D eigenvalue weighted by Crippen LogP contribution is 2.39. The maximum absolute atomic E-state index is 12.1. The third-order valence-corrected chi connectivity index (χ3v) is 6.45. The number of nitrogens with zero attached hydrogens (tertiary/aromatic N) is 2. The highest BCUT2D eigenvalue weighted by atomic mass is 16.2. The minimum Gasteiger partial charge on any atom is -0.338 e. The molecule has 0 atom stereocenters. The van der Waals surface area contributed by atoms with Crippen molar-refractivity contribution >= 4 is 11.8 Å². The zero-order valence-corrected chi connectivity index (χ0v) is 20.4. The number of nitrogens with one attached hydrogen (secondary N) is 2. The molecule has 0 radical (unpaired) electrons. The molecule has 1 fully saturated rings. The second-order valence-electron chi connectivity index (χ2n) is 9.54. The van der Waals surface area contributed by atoms with E-state index in [1.807, 2.05) is 13.1 Å². The molecule has 2 amide bonds. The molecular weight excluding hydrogens is 384 g/mol. The van der Waals surface area contributed by atoms with Crippen LogP contribution in [0.5, 0.6) is 0 Å². The average Bonchev–Trinajstić information content (AvgIpc) is 3.54. The topological polar surface area (TPSA) is 59.0 Å². The number of unbranched alkanes of at least 4 members (excludes halogenated alkanes) is 15. The smallest absolute Gasteiger partial charge is 0.320 e. The molecule has 0 aliphatic heterocycles. The predicted octanol–water partition coefficient (Wildman–Crippen LogP) is 7.68. The highest BCUT2D eigenvalue weighted by Gasteiger charge is 2.27. The van der Waals surface area contributed by atoms with Crippen LogP contribution < -0.4 is 10.6 Å². The van der Waals surface area contributed by atoms with E-state index in [4.69, 9.17) is 0 Å². The largest absolute Gasteiger partial charge is 0.338 e. The molecule has 1 aliphatic rings. The van der Waals surface area contributed by atoms with Gasteiger partial charge in [0.2, 0.25) is 0 Å². The van der Waals surface area contributed by atoms with Gasteiger partial charge in [-0.15, -0.1) is 0 Å². The molecular formula is C26H48N4O. The molecule has 1 aromatic heterocycles. The van der Waals surface area contributed by atoms with E-state index in [0.717, 1.165) is 24.5 Å². The van der Waals surface area contributed by atoms with Crippen molar-refractivity contribution in [2.75, 3.05) is 11.9 Å². The van der Waals surface area contributed by atoms with Crippen LogP contribution in [0.2, 0.25) is 0 Å². The van der Waals surface area contributed by atoms with Crippen LogP contribution in [0.1, 0.15) is 134 Å². The van der Waals surface area contributed by atoms with Gasteiger partial charge in [0.05, 0.1) is 5.69 Å². The lowest BCUT2D eigenvalue weighted by Gasteiger charge is -2.07. The molecule has 1 aromatic rings. The van der Waals surface area contributed by atoms with Crippen LogP contribution >= 0.6 is 0 Å². The molecule has 1 aliphatic carbocycles. The number of aryl methyl sites for hydroxylation is 1. The van der Waals surface area contributed by atoms with E-state index in [1.54, 1.807) is 4.68 Å². The number of urea groups is 1. The lowest BCUT2D eigenvalue weighted by molar-refractivity contribution is 0.251. The summed E-state index contributed by atoms with van der Waals surface area (Å²) in [5.41, 5.74) is 1.11. The summed E-state index contributed by atoms with van der Waals surface area (Å²) < 4.78 is 1.77. The maximum Gasteiger partial charge on any atom is 0.320 e.